The minimum absolute atomic E-state index is 0.0146. The molecule has 0 saturated carbocycles. The number of hydrogen-bond acceptors (Lipinski definition) is 10. The number of ether oxygens (including phenoxy) is 3. The van der Waals surface area contributed by atoms with Crippen LogP contribution in [-0.4, -0.2) is 62.2 Å². The molecule has 0 fully saturated rings. The zero-order valence-corrected chi connectivity index (χ0v) is 26.3. The summed E-state index contributed by atoms with van der Waals surface area (Å²) >= 11 is 0. The third kappa shape index (κ3) is 7.52. The average molecular weight is 659 g/mol. The van der Waals surface area contributed by atoms with Gasteiger partial charge in [-0.25, -0.2) is 33.9 Å². The van der Waals surface area contributed by atoms with Crippen molar-refractivity contribution in [3.63, 3.8) is 0 Å². The minimum Gasteiger partial charge on any atom is -0.595 e. The monoisotopic (exact) mass is 658 g/mol. The Kier molecular flexibility index (Phi) is 9.89. The zero-order chi connectivity index (χ0) is 34.6. The van der Waals surface area contributed by atoms with Crippen molar-refractivity contribution in [3.8, 4) is 11.1 Å². The van der Waals surface area contributed by atoms with Crippen LogP contribution in [0.25, 0.3) is 11.1 Å². The van der Waals surface area contributed by atoms with E-state index >= 15 is 0 Å². The number of nitrogens with one attached hydrogen (secondary N) is 2. The van der Waals surface area contributed by atoms with Crippen molar-refractivity contribution < 1.29 is 48.9 Å². The summed E-state index contributed by atoms with van der Waals surface area (Å²) in [5, 5.41) is 32.5. The maximum absolute atomic E-state index is 13.4. The van der Waals surface area contributed by atoms with Gasteiger partial charge in [-0.2, -0.15) is 5.23 Å². The molecule has 5 rings (SSSR count). The lowest BCUT2D eigenvalue weighted by molar-refractivity contribution is -0.991. The van der Waals surface area contributed by atoms with Crippen molar-refractivity contribution >= 4 is 29.8 Å². The molecule has 1 amide bonds. The fraction of sp³-hybridized carbons (Fsp3) is 0.265. The fourth-order valence-electron chi connectivity index (χ4n) is 5.50. The molecule has 0 saturated heterocycles. The van der Waals surface area contributed by atoms with Crippen LogP contribution < -0.4 is 10.5 Å². The molecule has 0 radical (unpaired) electrons. The molecule has 4 aromatic rings. The largest absolute Gasteiger partial charge is 0.595 e. The van der Waals surface area contributed by atoms with E-state index < -0.39 is 53.5 Å². The molecule has 3 atom stereocenters. The summed E-state index contributed by atoms with van der Waals surface area (Å²) in [6.07, 6.45) is -2.11. The topological polar surface area (TPSA) is 194 Å². The molecule has 0 spiro atoms. The number of nitrogens with zero attached hydrogens (tertiary/aromatic N) is 2. The van der Waals surface area contributed by atoms with Gasteiger partial charge in [0.15, 0.2) is 5.69 Å². The predicted molar refractivity (Wildman–Crippen MR) is 168 cm³/mol. The van der Waals surface area contributed by atoms with Crippen LogP contribution in [0.15, 0.2) is 85.3 Å². The van der Waals surface area contributed by atoms with Gasteiger partial charge >= 0.3 is 24.1 Å². The highest BCUT2D eigenvalue weighted by Crippen LogP contribution is 2.44. The Hall–Kier alpha value is -5.57. The van der Waals surface area contributed by atoms with Crippen LogP contribution in [0.2, 0.25) is 0 Å². The molecule has 4 N–H and O–H groups in total. The van der Waals surface area contributed by atoms with E-state index in [1.807, 2.05) is 48.5 Å². The molecule has 48 heavy (non-hydrogen) atoms. The summed E-state index contributed by atoms with van der Waals surface area (Å²) in [4.78, 5) is 55.5. The molecule has 0 aliphatic heterocycles. The highest BCUT2D eigenvalue weighted by molar-refractivity contribution is 5.84. The van der Waals surface area contributed by atoms with E-state index in [0.717, 1.165) is 33.1 Å². The van der Waals surface area contributed by atoms with Crippen LogP contribution in [0, 0.1) is 5.21 Å². The van der Waals surface area contributed by atoms with E-state index in [2.05, 4.69) is 10.3 Å². The highest BCUT2D eigenvalue weighted by Gasteiger charge is 2.35. The minimum atomic E-state index is -1.78. The van der Waals surface area contributed by atoms with Crippen LogP contribution in [0.4, 0.5) is 15.3 Å². The normalized spacial score (nSPS) is 14.2. The number of aromatic nitrogens is 2. The number of aliphatic carboxylic acids is 1. The molecule has 14 heteroatoms. The number of rotatable bonds is 10. The summed E-state index contributed by atoms with van der Waals surface area (Å²) in [5.74, 6) is -2.68. The number of fused-ring (bicyclic) bond motifs is 3. The third-order valence-electron chi connectivity index (χ3n) is 7.57. The van der Waals surface area contributed by atoms with Gasteiger partial charge in [0.1, 0.15) is 24.6 Å². The Morgan fingerprint density at radius 3 is 2.19 bits per heavy atom. The first-order chi connectivity index (χ1) is 22.8. The molecule has 1 aromatic heterocycles. The van der Waals surface area contributed by atoms with Gasteiger partial charge in [0, 0.05) is 24.6 Å². The van der Waals surface area contributed by atoms with Gasteiger partial charge in [-0.1, -0.05) is 60.7 Å². The number of carbonyl (C=O) groups is 4. The van der Waals surface area contributed by atoms with Gasteiger partial charge < -0.3 is 29.8 Å². The molecule has 1 aliphatic carbocycles. The Bertz CT molecular complexity index is 1780. The van der Waals surface area contributed by atoms with Crippen molar-refractivity contribution in [2.45, 2.75) is 50.9 Å². The quantitative estimate of drug-likeness (QED) is 0.110. The van der Waals surface area contributed by atoms with Crippen molar-refractivity contribution in [3.05, 3.63) is 113 Å². The molecule has 1 heterocycles. The van der Waals surface area contributed by atoms with Crippen LogP contribution in [0.3, 0.4) is 0 Å². The van der Waals surface area contributed by atoms with Gasteiger partial charge in [-0.05, 0) is 49.1 Å². The maximum atomic E-state index is 13.4. The Morgan fingerprint density at radius 2 is 1.58 bits per heavy atom. The van der Waals surface area contributed by atoms with Gasteiger partial charge in [-0.3, -0.25) is 0 Å². The van der Waals surface area contributed by atoms with Crippen molar-refractivity contribution in [1.29, 1.82) is 0 Å². The lowest BCUT2D eigenvalue weighted by Crippen LogP contribution is -2.99. The number of carboxylic acid groups (broad SMARTS) is 1. The zero-order valence-electron chi connectivity index (χ0n) is 26.3. The summed E-state index contributed by atoms with van der Waals surface area (Å²) in [7, 11) is 0. The summed E-state index contributed by atoms with van der Waals surface area (Å²) in [5.41, 5.74) is 2.64. The van der Waals surface area contributed by atoms with Gasteiger partial charge in [0.25, 0.3) is 0 Å². The van der Waals surface area contributed by atoms with Gasteiger partial charge in [-0.15, -0.1) is 0 Å². The summed E-state index contributed by atoms with van der Waals surface area (Å²) < 4.78 is 17.2. The van der Waals surface area contributed by atoms with Crippen LogP contribution >= 0.6 is 0 Å². The molecular formula is C34H34N4O10. The Labute approximate surface area is 275 Å². The van der Waals surface area contributed by atoms with Crippen molar-refractivity contribution in [1.82, 2.24) is 14.9 Å². The first-order valence-corrected chi connectivity index (χ1v) is 15.0. The number of imidazole rings is 1. The molecular weight excluding hydrogens is 624 g/mol. The SMILES string of the molecule is CC(C)(C)OC(=O)C(OC(=O)n1cncc1C[C@H](NC(=O)OCC1c2ccccc2-c2ccccc21)C(=O)O)c1ccccc1[NH+]([O-])O. The molecule has 0 bridgehead atoms. The molecule has 2 unspecified atom stereocenters. The number of benzene rings is 3. The molecule has 1 aliphatic rings. The second-order valence-corrected chi connectivity index (χ2v) is 12.0. The third-order valence-corrected chi connectivity index (χ3v) is 7.57. The van der Waals surface area contributed by atoms with Crippen LogP contribution in [0.1, 0.15) is 55.2 Å². The van der Waals surface area contributed by atoms with E-state index in [-0.39, 0.29) is 29.5 Å². The molecule has 250 valence electrons. The number of amides is 1. The van der Waals surface area contributed by atoms with Crippen LogP contribution in [-0.2, 0) is 30.2 Å². The number of carbonyl (C=O) groups excluding carboxylic acids is 3. The second-order valence-electron chi connectivity index (χ2n) is 12.0. The lowest BCUT2D eigenvalue weighted by Gasteiger charge is -2.26. The summed E-state index contributed by atoms with van der Waals surface area (Å²) in [6.45, 7) is 4.74. The molecule has 3 aromatic carbocycles. The number of esters is 1. The molecule has 14 nitrogen and oxygen atoms in total. The number of hydrogen-bond donors (Lipinski definition) is 4. The van der Waals surface area contributed by atoms with Crippen molar-refractivity contribution in [2.24, 2.45) is 0 Å². The van der Waals surface area contributed by atoms with E-state index in [0.29, 0.717) is 0 Å². The Morgan fingerprint density at radius 1 is 0.979 bits per heavy atom. The maximum Gasteiger partial charge on any atom is 0.420 e. The highest BCUT2D eigenvalue weighted by atomic mass is 16.8. The van der Waals surface area contributed by atoms with E-state index in [1.54, 1.807) is 20.8 Å². The lowest BCUT2D eigenvalue weighted by atomic mass is 9.98. The second kappa shape index (κ2) is 14.0. The standard InChI is InChI=1S/C34H34N4O10/c1-34(2,3)48-31(41)29(25-14-8-9-15-28(25)38(44)45)47-33(43)37-19-35-17-20(37)16-27(30(39)40)36-32(42)46-18-26-23-12-6-4-10-21(23)22-11-5-7-13-24(22)26/h4-15,17,19,26-27,29,38,44H,16,18H2,1-3H3,(H,36,42)(H,39,40)/t27-,29?/m0/s1. The Balaban J connectivity index is 1.29. The summed E-state index contributed by atoms with van der Waals surface area (Å²) in [6, 6.07) is 19.5. The van der Waals surface area contributed by atoms with Crippen LogP contribution in [0.5, 0.6) is 0 Å². The van der Waals surface area contributed by atoms with E-state index in [9.17, 15) is 34.7 Å². The van der Waals surface area contributed by atoms with Gasteiger partial charge in [0.2, 0.25) is 6.10 Å². The number of para-hydroxylation sites is 1. The smallest absolute Gasteiger partial charge is 0.420 e. The number of alkyl carbamates (subject to hydrolysis) is 1. The van der Waals surface area contributed by atoms with Gasteiger partial charge in [0.05, 0.1) is 11.3 Å². The number of carboxylic acids is 1. The predicted octanol–water partition coefficient (Wildman–Crippen LogP) is 3.89. The first kappa shape index (κ1) is 33.8. The van der Waals surface area contributed by atoms with E-state index in [1.165, 1.54) is 30.5 Å². The average Bonchev–Trinajstić information content (AvgIpc) is 3.64. The van der Waals surface area contributed by atoms with Crippen molar-refractivity contribution in [2.75, 3.05) is 6.61 Å². The van der Waals surface area contributed by atoms with E-state index in [4.69, 9.17) is 14.2 Å². The first-order valence-electron chi connectivity index (χ1n) is 15.0. The fourth-order valence-corrected chi connectivity index (χ4v) is 5.50. The number of quaternary nitrogens is 1.